The molecule has 0 saturated carbocycles. The maximum Gasteiger partial charge on any atom is 0.339 e. The van der Waals surface area contributed by atoms with Gasteiger partial charge in [0.25, 0.3) is 0 Å². The molecule has 2 atom stereocenters. The minimum Gasteiger partial charge on any atom is -0.449 e. The van der Waals surface area contributed by atoms with Gasteiger partial charge in [-0.15, -0.1) is 0 Å². The summed E-state index contributed by atoms with van der Waals surface area (Å²) in [4.78, 5) is 12.1. The van der Waals surface area contributed by atoms with Crippen molar-refractivity contribution in [2.45, 2.75) is 32.3 Å². The second-order valence-electron chi connectivity index (χ2n) is 5.35. The minimum absolute atomic E-state index is 0.209. The van der Waals surface area contributed by atoms with Crippen LogP contribution in [0.1, 0.15) is 59.3 Å². The highest BCUT2D eigenvalue weighted by Gasteiger charge is 2.32. The first-order valence-electron chi connectivity index (χ1n) is 7.10. The molecule has 0 fully saturated rings. The molecule has 0 N–H and O–H groups in total. The third-order valence-electron chi connectivity index (χ3n) is 4.09. The fourth-order valence-electron chi connectivity index (χ4n) is 2.63. The Hall–Kier alpha value is -2.09. The van der Waals surface area contributed by atoms with Crippen molar-refractivity contribution in [1.82, 2.24) is 0 Å². The van der Waals surface area contributed by atoms with Crippen molar-refractivity contribution in [2.24, 2.45) is 0 Å². The van der Waals surface area contributed by atoms with Crippen LogP contribution in [0.25, 0.3) is 0 Å². The standard InChI is InChI=1S/C18H18O2/c1-3-12(2)14-9-10-15-16(11-14)18(19)20-17(15)13-7-5-4-6-8-13/h4-12,17H,3H2,1-2H3. The van der Waals surface area contributed by atoms with Gasteiger partial charge in [-0.25, -0.2) is 4.79 Å². The van der Waals surface area contributed by atoms with Gasteiger partial charge in [-0.3, -0.25) is 0 Å². The molecule has 0 spiro atoms. The summed E-state index contributed by atoms with van der Waals surface area (Å²) in [6, 6.07) is 16.0. The molecule has 2 aromatic rings. The van der Waals surface area contributed by atoms with Crippen LogP contribution in [0.4, 0.5) is 0 Å². The summed E-state index contributed by atoms with van der Waals surface area (Å²) in [6.07, 6.45) is 0.806. The molecule has 0 radical (unpaired) electrons. The Bertz CT molecular complexity index is 631. The smallest absolute Gasteiger partial charge is 0.339 e. The topological polar surface area (TPSA) is 26.3 Å². The van der Waals surface area contributed by atoms with Gasteiger partial charge in [-0.05, 0) is 29.5 Å². The molecule has 1 aliphatic rings. The van der Waals surface area contributed by atoms with E-state index in [-0.39, 0.29) is 12.1 Å². The number of cyclic esters (lactones) is 1. The van der Waals surface area contributed by atoms with E-state index < -0.39 is 0 Å². The van der Waals surface area contributed by atoms with Gasteiger partial charge >= 0.3 is 5.97 Å². The first-order valence-corrected chi connectivity index (χ1v) is 7.10. The SMILES string of the molecule is CCC(C)c1ccc2c(c1)C(=O)OC2c1ccccc1. The quantitative estimate of drug-likeness (QED) is 0.767. The number of hydrogen-bond acceptors (Lipinski definition) is 2. The zero-order valence-corrected chi connectivity index (χ0v) is 11.8. The van der Waals surface area contributed by atoms with Gasteiger partial charge in [0.05, 0.1) is 5.56 Å². The lowest BCUT2D eigenvalue weighted by Gasteiger charge is -2.12. The first kappa shape index (κ1) is 12.9. The first-order chi connectivity index (χ1) is 9.70. The Kier molecular flexibility index (Phi) is 3.31. The number of ether oxygens (including phenoxy) is 1. The van der Waals surface area contributed by atoms with Crippen molar-refractivity contribution in [3.8, 4) is 0 Å². The number of rotatable bonds is 3. The van der Waals surface area contributed by atoms with Crippen LogP contribution in [-0.4, -0.2) is 5.97 Å². The third kappa shape index (κ3) is 2.11. The molecule has 20 heavy (non-hydrogen) atoms. The van der Waals surface area contributed by atoms with E-state index in [1.807, 2.05) is 42.5 Å². The van der Waals surface area contributed by atoms with Crippen LogP contribution in [0, 0.1) is 0 Å². The highest BCUT2D eigenvalue weighted by atomic mass is 16.5. The molecule has 102 valence electrons. The van der Waals surface area contributed by atoms with Gasteiger partial charge in [0.15, 0.2) is 6.10 Å². The van der Waals surface area contributed by atoms with Crippen molar-refractivity contribution in [3.05, 3.63) is 70.8 Å². The average Bonchev–Trinajstić information content (AvgIpc) is 2.84. The van der Waals surface area contributed by atoms with Crippen molar-refractivity contribution < 1.29 is 9.53 Å². The fourth-order valence-corrected chi connectivity index (χ4v) is 2.63. The lowest BCUT2D eigenvalue weighted by molar-refractivity contribution is 0.0456. The van der Waals surface area contributed by atoms with Crippen LogP contribution < -0.4 is 0 Å². The van der Waals surface area contributed by atoms with Gasteiger partial charge in [0, 0.05) is 5.56 Å². The molecule has 3 rings (SSSR count). The predicted octanol–water partition coefficient (Wildman–Crippen LogP) is 4.46. The largest absolute Gasteiger partial charge is 0.449 e. The Morgan fingerprint density at radius 3 is 2.60 bits per heavy atom. The lowest BCUT2D eigenvalue weighted by atomic mass is 9.92. The second-order valence-corrected chi connectivity index (χ2v) is 5.35. The molecule has 2 nitrogen and oxygen atoms in total. The molecule has 0 saturated heterocycles. The molecule has 2 heteroatoms. The third-order valence-corrected chi connectivity index (χ3v) is 4.09. The van der Waals surface area contributed by atoms with Crippen molar-refractivity contribution in [1.29, 1.82) is 0 Å². The zero-order valence-electron chi connectivity index (χ0n) is 11.8. The number of carbonyl (C=O) groups is 1. The Balaban J connectivity index is 2.02. The van der Waals surface area contributed by atoms with Crippen molar-refractivity contribution in [2.75, 3.05) is 0 Å². The van der Waals surface area contributed by atoms with Crippen LogP contribution in [0.5, 0.6) is 0 Å². The van der Waals surface area contributed by atoms with Crippen LogP contribution in [0.15, 0.2) is 48.5 Å². The number of carbonyl (C=O) groups excluding carboxylic acids is 1. The summed E-state index contributed by atoms with van der Waals surface area (Å²) < 4.78 is 5.55. The molecule has 0 aliphatic carbocycles. The number of hydrogen-bond donors (Lipinski definition) is 0. The van der Waals surface area contributed by atoms with E-state index in [0.29, 0.717) is 5.92 Å². The molecule has 0 bridgehead atoms. The monoisotopic (exact) mass is 266 g/mol. The molecule has 2 unspecified atom stereocenters. The maximum atomic E-state index is 12.1. The highest BCUT2D eigenvalue weighted by Crippen LogP contribution is 2.37. The molecule has 1 heterocycles. The van der Waals surface area contributed by atoms with Gasteiger partial charge in [-0.2, -0.15) is 0 Å². The van der Waals surface area contributed by atoms with E-state index in [2.05, 4.69) is 19.9 Å². The van der Waals surface area contributed by atoms with Crippen molar-refractivity contribution in [3.63, 3.8) is 0 Å². The van der Waals surface area contributed by atoms with Crippen LogP contribution in [0.2, 0.25) is 0 Å². The molecule has 1 aliphatic heterocycles. The van der Waals surface area contributed by atoms with Gasteiger partial charge < -0.3 is 4.74 Å². The fraction of sp³-hybridized carbons (Fsp3) is 0.278. The number of fused-ring (bicyclic) bond motifs is 1. The maximum absolute atomic E-state index is 12.1. The lowest BCUT2D eigenvalue weighted by Crippen LogP contribution is -1.99. The van der Waals surface area contributed by atoms with E-state index >= 15 is 0 Å². The van der Waals surface area contributed by atoms with Crippen LogP contribution in [-0.2, 0) is 4.74 Å². The summed E-state index contributed by atoms with van der Waals surface area (Å²) in [5.41, 5.74) is 3.93. The minimum atomic E-state index is -0.260. The summed E-state index contributed by atoms with van der Waals surface area (Å²) in [7, 11) is 0. The normalized spacial score (nSPS) is 18.5. The highest BCUT2D eigenvalue weighted by molar-refractivity contribution is 5.94. The van der Waals surface area contributed by atoms with E-state index in [4.69, 9.17) is 4.74 Å². The number of benzene rings is 2. The molecule has 0 aromatic heterocycles. The van der Waals surface area contributed by atoms with E-state index in [1.165, 1.54) is 5.56 Å². The van der Waals surface area contributed by atoms with Crippen LogP contribution >= 0.6 is 0 Å². The van der Waals surface area contributed by atoms with Crippen LogP contribution in [0.3, 0.4) is 0 Å². The molecular formula is C18H18O2. The Labute approximate surface area is 119 Å². The van der Waals surface area contributed by atoms with Gasteiger partial charge in [-0.1, -0.05) is 56.3 Å². The van der Waals surface area contributed by atoms with E-state index in [1.54, 1.807) is 0 Å². The predicted molar refractivity (Wildman–Crippen MR) is 78.8 cm³/mol. The second kappa shape index (κ2) is 5.12. The summed E-state index contributed by atoms with van der Waals surface area (Å²) >= 11 is 0. The summed E-state index contributed by atoms with van der Waals surface area (Å²) in [6.45, 7) is 4.33. The zero-order chi connectivity index (χ0) is 14.1. The van der Waals surface area contributed by atoms with Gasteiger partial charge in [0.1, 0.15) is 0 Å². The molecule has 0 amide bonds. The Morgan fingerprint density at radius 1 is 1.15 bits per heavy atom. The van der Waals surface area contributed by atoms with Gasteiger partial charge in [0.2, 0.25) is 0 Å². The summed E-state index contributed by atoms with van der Waals surface area (Å²) in [5, 5.41) is 0. The van der Waals surface area contributed by atoms with E-state index in [0.717, 1.165) is 23.1 Å². The Morgan fingerprint density at radius 2 is 1.90 bits per heavy atom. The molecule has 2 aromatic carbocycles. The number of esters is 1. The van der Waals surface area contributed by atoms with Crippen molar-refractivity contribution >= 4 is 5.97 Å². The average molecular weight is 266 g/mol. The molecular weight excluding hydrogens is 248 g/mol. The van der Waals surface area contributed by atoms with E-state index in [9.17, 15) is 4.79 Å². The summed E-state index contributed by atoms with van der Waals surface area (Å²) in [5.74, 6) is 0.253.